The van der Waals surface area contributed by atoms with Crippen LogP contribution >= 0.6 is 15.9 Å². The Morgan fingerprint density at radius 1 is 0.939 bits per heavy atom. The minimum atomic E-state index is -0.468. The number of anilines is 2. The number of halogens is 1. The Morgan fingerprint density at radius 3 is 2.30 bits per heavy atom. The molecule has 3 aromatic carbocycles. The molecule has 0 heterocycles. The fraction of sp³-hybridized carbons (Fsp3) is 0.160. The van der Waals surface area contributed by atoms with E-state index in [2.05, 4.69) is 26.6 Å². The molecule has 2 N–H and O–H groups in total. The van der Waals surface area contributed by atoms with E-state index in [1.807, 2.05) is 43.3 Å². The summed E-state index contributed by atoms with van der Waals surface area (Å²) in [5.74, 6) is -0.841. The zero-order chi connectivity index (χ0) is 23.8. The Hall–Kier alpha value is -3.65. The molecule has 3 amide bonds. The van der Waals surface area contributed by atoms with Gasteiger partial charge in [-0.15, -0.1) is 0 Å². The zero-order valence-electron chi connectivity index (χ0n) is 18.3. The summed E-state index contributed by atoms with van der Waals surface area (Å²) in [7, 11) is 1.65. The number of benzene rings is 3. The lowest BCUT2D eigenvalue weighted by atomic mass is 10.2. The average Bonchev–Trinajstić information content (AvgIpc) is 2.82. The van der Waals surface area contributed by atoms with Crippen molar-refractivity contribution in [2.75, 3.05) is 30.4 Å². The van der Waals surface area contributed by atoms with Gasteiger partial charge in [0.2, 0.25) is 5.91 Å². The van der Waals surface area contributed by atoms with Crippen LogP contribution in [0, 0.1) is 6.92 Å². The Balaban J connectivity index is 1.55. The van der Waals surface area contributed by atoms with Gasteiger partial charge in [-0.3, -0.25) is 14.4 Å². The monoisotopic (exact) mass is 509 g/mol. The Bertz CT molecular complexity index is 1130. The van der Waals surface area contributed by atoms with Crippen LogP contribution in [-0.2, 0) is 9.59 Å². The van der Waals surface area contributed by atoms with Gasteiger partial charge in [0.1, 0.15) is 5.75 Å². The van der Waals surface area contributed by atoms with Crippen LogP contribution in [0.4, 0.5) is 11.4 Å². The van der Waals surface area contributed by atoms with E-state index in [1.54, 1.807) is 43.4 Å². The van der Waals surface area contributed by atoms with Crippen molar-refractivity contribution in [3.8, 4) is 5.75 Å². The molecule has 0 atom stereocenters. The van der Waals surface area contributed by atoms with E-state index in [0.717, 1.165) is 15.7 Å². The third-order valence-electron chi connectivity index (χ3n) is 4.81. The van der Waals surface area contributed by atoms with Gasteiger partial charge < -0.3 is 20.3 Å². The molecule has 3 aromatic rings. The Labute approximate surface area is 200 Å². The first-order chi connectivity index (χ1) is 15.8. The van der Waals surface area contributed by atoms with Gasteiger partial charge >= 0.3 is 0 Å². The first-order valence-corrected chi connectivity index (χ1v) is 11.0. The van der Waals surface area contributed by atoms with E-state index >= 15 is 0 Å². The van der Waals surface area contributed by atoms with Gasteiger partial charge in [-0.1, -0.05) is 45.8 Å². The molecular weight excluding hydrogens is 486 g/mol. The number of hydrogen-bond acceptors (Lipinski definition) is 4. The van der Waals surface area contributed by atoms with Crippen molar-refractivity contribution in [2.45, 2.75) is 6.92 Å². The second-order valence-electron chi connectivity index (χ2n) is 7.31. The minimum absolute atomic E-state index is 0.179. The van der Waals surface area contributed by atoms with Crippen molar-refractivity contribution in [2.24, 2.45) is 0 Å². The van der Waals surface area contributed by atoms with Crippen molar-refractivity contribution in [1.29, 1.82) is 0 Å². The molecule has 0 bridgehead atoms. The number of likely N-dealkylation sites (N-methyl/N-ethyl adjacent to an activating group) is 1. The van der Waals surface area contributed by atoms with Gasteiger partial charge in [0.25, 0.3) is 11.8 Å². The van der Waals surface area contributed by atoms with Gasteiger partial charge in [0.15, 0.2) is 6.61 Å². The molecule has 0 radical (unpaired) electrons. The standard InChI is InChI=1S/C25H24BrN3O4/c1-17-7-13-20(14-8-17)29(2)24(31)15-27-25(32)21-5-3-4-6-22(21)33-16-23(30)28-19-11-9-18(26)10-12-19/h3-14H,15-16H2,1-2H3,(H,27,32)(H,28,30). The Kier molecular flexibility index (Phi) is 8.21. The molecule has 0 aliphatic carbocycles. The number of nitrogens with zero attached hydrogens (tertiary/aromatic N) is 1. The summed E-state index contributed by atoms with van der Waals surface area (Å²) in [5.41, 5.74) is 2.70. The SMILES string of the molecule is Cc1ccc(N(C)C(=O)CNC(=O)c2ccccc2OCC(=O)Nc2ccc(Br)cc2)cc1. The highest BCUT2D eigenvalue weighted by molar-refractivity contribution is 9.10. The predicted octanol–water partition coefficient (Wildman–Crippen LogP) is 4.17. The molecule has 0 saturated heterocycles. The smallest absolute Gasteiger partial charge is 0.262 e. The summed E-state index contributed by atoms with van der Waals surface area (Å²) in [6.07, 6.45) is 0. The molecular formula is C25H24BrN3O4. The summed E-state index contributed by atoms with van der Waals surface area (Å²) in [5, 5.41) is 5.34. The van der Waals surface area contributed by atoms with E-state index in [-0.39, 0.29) is 36.3 Å². The summed E-state index contributed by atoms with van der Waals surface area (Å²) in [4.78, 5) is 38.8. The summed E-state index contributed by atoms with van der Waals surface area (Å²) in [6, 6.07) is 21.2. The van der Waals surface area contributed by atoms with Gasteiger partial charge in [0, 0.05) is 22.9 Å². The Morgan fingerprint density at radius 2 is 1.61 bits per heavy atom. The van der Waals surface area contributed by atoms with E-state index < -0.39 is 5.91 Å². The van der Waals surface area contributed by atoms with Crippen LogP contribution in [0.15, 0.2) is 77.3 Å². The molecule has 0 aliphatic rings. The quantitative estimate of drug-likeness (QED) is 0.477. The third kappa shape index (κ3) is 6.92. The highest BCUT2D eigenvalue weighted by Crippen LogP contribution is 2.19. The van der Waals surface area contributed by atoms with Crippen LogP contribution in [-0.4, -0.2) is 37.9 Å². The van der Waals surface area contributed by atoms with Gasteiger partial charge in [-0.2, -0.15) is 0 Å². The highest BCUT2D eigenvalue weighted by atomic mass is 79.9. The molecule has 8 heteroatoms. The molecule has 0 aliphatic heterocycles. The third-order valence-corrected chi connectivity index (χ3v) is 5.34. The number of rotatable bonds is 8. The van der Waals surface area contributed by atoms with Crippen molar-refractivity contribution < 1.29 is 19.1 Å². The number of carbonyl (C=O) groups is 3. The molecule has 7 nitrogen and oxygen atoms in total. The minimum Gasteiger partial charge on any atom is -0.483 e. The van der Waals surface area contributed by atoms with Crippen molar-refractivity contribution in [1.82, 2.24) is 5.32 Å². The number of ether oxygens (including phenoxy) is 1. The maximum atomic E-state index is 12.7. The highest BCUT2D eigenvalue weighted by Gasteiger charge is 2.16. The van der Waals surface area contributed by atoms with Crippen LogP contribution in [0.2, 0.25) is 0 Å². The number of carbonyl (C=O) groups excluding carboxylic acids is 3. The average molecular weight is 510 g/mol. The fourth-order valence-corrected chi connectivity index (χ4v) is 3.20. The molecule has 33 heavy (non-hydrogen) atoms. The maximum absolute atomic E-state index is 12.7. The predicted molar refractivity (Wildman–Crippen MR) is 132 cm³/mol. The molecule has 3 rings (SSSR count). The fourth-order valence-electron chi connectivity index (χ4n) is 2.94. The lowest BCUT2D eigenvalue weighted by Crippen LogP contribution is -2.38. The number of aryl methyl sites for hydroxylation is 1. The van der Waals surface area contributed by atoms with Gasteiger partial charge in [0.05, 0.1) is 12.1 Å². The summed E-state index contributed by atoms with van der Waals surface area (Å²) < 4.78 is 6.48. The van der Waals surface area contributed by atoms with Crippen LogP contribution < -0.4 is 20.3 Å². The molecule has 0 saturated carbocycles. The van der Waals surface area contributed by atoms with Crippen LogP contribution in [0.25, 0.3) is 0 Å². The van der Waals surface area contributed by atoms with E-state index in [9.17, 15) is 14.4 Å². The normalized spacial score (nSPS) is 10.3. The number of para-hydroxylation sites is 1. The van der Waals surface area contributed by atoms with Crippen LogP contribution in [0.3, 0.4) is 0 Å². The van der Waals surface area contributed by atoms with Crippen LogP contribution in [0.1, 0.15) is 15.9 Å². The molecule has 170 valence electrons. The first-order valence-electron chi connectivity index (χ1n) is 10.2. The molecule has 0 spiro atoms. The van der Waals surface area contributed by atoms with E-state index in [1.165, 1.54) is 4.90 Å². The van der Waals surface area contributed by atoms with E-state index in [4.69, 9.17) is 4.74 Å². The second-order valence-corrected chi connectivity index (χ2v) is 8.23. The number of nitrogens with one attached hydrogen (secondary N) is 2. The van der Waals surface area contributed by atoms with Gasteiger partial charge in [-0.05, 0) is 55.5 Å². The molecule has 0 aromatic heterocycles. The molecule has 0 fully saturated rings. The van der Waals surface area contributed by atoms with Crippen molar-refractivity contribution in [3.05, 3.63) is 88.4 Å². The van der Waals surface area contributed by atoms with Crippen LogP contribution in [0.5, 0.6) is 5.75 Å². The molecule has 0 unspecified atom stereocenters. The topological polar surface area (TPSA) is 87.7 Å². The lowest BCUT2D eigenvalue weighted by Gasteiger charge is -2.18. The number of hydrogen-bond donors (Lipinski definition) is 2. The van der Waals surface area contributed by atoms with Crippen molar-refractivity contribution >= 4 is 45.0 Å². The first kappa shape index (κ1) is 24.0. The number of amides is 3. The summed E-state index contributed by atoms with van der Waals surface area (Å²) in [6.45, 7) is 1.52. The lowest BCUT2D eigenvalue weighted by molar-refractivity contribution is -0.118. The van der Waals surface area contributed by atoms with E-state index in [0.29, 0.717) is 5.69 Å². The zero-order valence-corrected chi connectivity index (χ0v) is 19.9. The van der Waals surface area contributed by atoms with Gasteiger partial charge in [-0.25, -0.2) is 0 Å². The second kappa shape index (κ2) is 11.3. The van der Waals surface area contributed by atoms with Crippen molar-refractivity contribution in [3.63, 3.8) is 0 Å². The summed E-state index contributed by atoms with van der Waals surface area (Å²) >= 11 is 3.34. The largest absolute Gasteiger partial charge is 0.483 e. The maximum Gasteiger partial charge on any atom is 0.262 e.